The van der Waals surface area contributed by atoms with Crippen LogP contribution in [0.2, 0.25) is 0 Å². The molecule has 0 saturated carbocycles. The summed E-state index contributed by atoms with van der Waals surface area (Å²) in [6.45, 7) is 4.15. The molecule has 96 valence electrons. The van der Waals surface area contributed by atoms with Crippen LogP contribution in [0.15, 0.2) is 35.1 Å². The van der Waals surface area contributed by atoms with Crippen LogP contribution < -0.4 is 0 Å². The van der Waals surface area contributed by atoms with Crippen LogP contribution in [0.3, 0.4) is 0 Å². The quantitative estimate of drug-likeness (QED) is 0.944. The molecule has 1 N–H and O–H groups in total. The lowest BCUT2D eigenvalue weighted by atomic mass is 10.1. The van der Waals surface area contributed by atoms with Crippen LogP contribution in [0.1, 0.15) is 37.4 Å². The summed E-state index contributed by atoms with van der Waals surface area (Å²) in [4.78, 5) is 4.18. The molecule has 2 rings (SSSR count). The molecule has 0 saturated heterocycles. The van der Waals surface area contributed by atoms with Gasteiger partial charge in [0.05, 0.1) is 11.4 Å². The maximum absolute atomic E-state index is 10.1. The molecule has 0 aliphatic carbocycles. The van der Waals surface area contributed by atoms with E-state index in [2.05, 4.69) is 39.9 Å². The molecule has 0 spiro atoms. The molecule has 0 bridgehead atoms. The van der Waals surface area contributed by atoms with Gasteiger partial charge in [-0.1, -0.05) is 0 Å². The van der Waals surface area contributed by atoms with Crippen molar-refractivity contribution < 1.29 is 5.11 Å². The second-order valence-corrected chi connectivity index (χ2v) is 5.42. The van der Waals surface area contributed by atoms with E-state index in [0.29, 0.717) is 18.2 Å². The van der Waals surface area contributed by atoms with Crippen molar-refractivity contribution in [3.05, 3.63) is 46.5 Å². The maximum Gasteiger partial charge on any atom is 0.102 e. The monoisotopic (exact) mass is 309 g/mol. The smallest absolute Gasteiger partial charge is 0.102 e. The van der Waals surface area contributed by atoms with Crippen molar-refractivity contribution in [1.82, 2.24) is 14.8 Å². The highest BCUT2D eigenvalue weighted by Crippen LogP contribution is 2.17. The Balaban J connectivity index is 2.06. The molecular formula is C13H16BrN3O. The van der Waals surface area contributed by atoms with Gasteiger partial charge in [0, 0.05) is 29.3 Å². The standard InChI is InChI=1S/C13H16BrN3O/c1-9(2)17-6-5-11(16-17)7-13(18)12-4-3-10(14)8-15-12/h3-6,8-9,13,18H,7H2,1-2H3. The minimum atomic E-state index is -0.617. The topological polar surface area (TPSA) is 50.9 Å². The first-order chi connectivity index (χ1) is 8.56. The van der Waals surface area contributed by atoms with E-state index in [-0.39, 0.29) is 0 Å². The molecule has 1 atom stereocenters. The van der Waals surface area contributed by atoms with Gasteiger partial charge < -0.3 is 5.11 Å². The molecule has 0 fully saturated rings. The van der Waals surface area contributed by atoms with E-state index in [0.717, 1.165) is 10.2 Å². The third-order valence-electron chi connectivity index (χ3n) is 2.69. The highest BCUT2D eigenvalue weighted by molar-refractivity contribution is 9.10. The molecule has 5 heteroatoms. The van der Waals surface area contributed by atoms with Crippen molar-refractivity contribution in [1.29, 1.82) is 0 Å². The van der Waals surface area contributed by atoms with E-state index in [1.807, 2.05) is 29.1 Å². The minimum Gasteiger partial charge on any atom is -0.386 e. The molecular weight excluding hydrogens is 294 g/mol. The van der Waals surface area contributed by atoms with Crippen molar-refractivity contribution in [2.45, 2.75) is 32.4 Å². The fraction of sp³-hybridized carbons (Fsp3) is 0.385. The lowest BCUT2D eigenvalue weighted by Crippen LogP contribution is -2.06. The molecule has 1 unspecified atom stereocenters. The van der Waals surface area contributed by atoms with Crippen LogP contribution in [0.5, 0.6) is 0 Å². The number of rotatable bonds is 4. The van der Waals surface area contributed by atoms with Crippen molar-refractivity contribution in [3.63, 3.8) is 0 Å². The minimum absolute atomic E-state index is 0.335. The summed E-state index contributed by atoms with van der Waals surface area (Å²) < 4.78 is 2.79. The number of pyridine rings is 1. The van der Waals surface area contributed by atoms with Crippen molar-refractivity contribution in [2.75, 3.05) is 0 Å². The van der Waals surface area contributed by atoms with E-state index in [4.69, 9.17) is 0 Å². The van der Waals surface area contributed by atoms with Crippen LogP contribution in [-0.4, -0.2) is 19.9 Å². The average molecular weight is 310 g/mol. The number of aromatic nitrogens is 3. The molecule has 0 aliphatic heterocycles. The predicted octanol–water partition coefficient (Wildman–Crippen LogP) is 2.90. The number of hydrogen-bond acceptors (Lipinski definition) is 3. The van der Waals surface area contributed by atoms with Gasteiger partial charge in [0.2, 0.25) is 0 Å². The SMILES string of the molecule is CC(C)n1ccc(CC(O)c2ccc(Br)cn2)n1. The lowest BCUT2D eigenvalue weighted by molar-refractivity contribution is 0.172. The highest BCUT2D eigenvalue weighted by atomic mass is 79.9. The van der Waals surface area contributed by atoms with Gasteiger partial charge in [-0.2, -0.15) is 5.10 Å². The van der Waals surface area contributed by atoms with Gasteiger partial charge in [0.1, 0.15) is 6.10 Å². The zero-order valence-electron chi connectivity index (χ0n) is 10.4. The first-order valence-corrected chi connectivity index (χ1v) is 6.69. The summed E-state index contributed by atoms with van der Waals surface area (Å²) in [6.07, 6.45) is 3.48. The first kappa shape index (κ1) is 13.2. The summed E-state index contributed by atoms with van der Waals surface area (Å²) >= 11 is 3.32. The normalized spacial score (nSPS) is 12.9. The van der Waals surface area contributed by atoms with Crippen LogP contribution in [0.4, 0.5) is 0 Å². The van der Waals surface area contributed by atoms with E-state index >= 15 is 0 Å². The van der Waals surface area contributed by atoms with Crippen LogP contribution >= 0.6 is 15.9 Å². The molecule has 2 aromatic rings. The zero-order valence-corrected chi connectivity index (χ0v) is 12.0. The van der Waals surface area contributed by atoms with Crippen LogP contribution in [-0.2, 0) is 6.42 Å². The Morgan fingerprint density at radius 2 is 2.11 bits per heavy atom. The molecule has 2 heterocycles. The Morgan fingerprint density at radius 1 is 1.33 bits per heavy atom. The van der Waals surface area contributed by atoms with Gasteiger partial charge in [-0.15, -0.1) is 0 Å². The summed E-state index contributed by atoms with van der Waals surface area (Å²) in [5, 5.41) is 14.5. The number of halogens is 1. The molecule has 18 heavy (non-hydrogen) atoms. The van der Waals surface area contributed by atoms with Gasteiger partial charge in [-0.25, -0.2) is 0 Å². The summed E-state index contributed by atoms with van der Waals surface area (Å²) in [5.74, 6) is 0. The fourth-order valence-corrected chi connectivity index (χ4v) is 1.90. The second kappa shape index (κ2) is 5.63. The maximum atomic E-state index is 10.1. The first-order valence-electron chi connectivity index (χ1n) is 5.90. The average Bonchev–Trinajstić information content (AvgIpc) is 2.78. The number of nitrogens with zero attached hydrogens (tertiary/aromatic N) is 3. The summed E-state index contributed by atoms with van der Waals surface area (Å²) in [7, 11) is 0. The molecule has 0 aromatic carbocycles. The van der Waals surface area contributed by atoms with E-state index in [1.54, 1.807) is 6.20 Å². The number of aliphatic hydroxyl groups excluding tert-OH is 1. The Morgan fingerprint density at radius 3 is 2.67 bits per heavy atom. The van der Waals surface area contributed by atoms with Gasteiger partial charge in [-0.05, 0) is 48.0 Å². The highest BCUT2D eigenvalue weighted by Gasteiger charge is 2.12. The molecule has 0 aliphatic rings. The van der Waals surface area contributed by atoms with Gasteiger partial charge in [0.15, 0.2) is 0 Å². The van der Waals surface area contributed by atoms with E-state index in [1.165, 1.54) is 0 Å². The van der Waals surface area contributed by atoms with E-state index < -0.39 is 6.10 Å². The number of hydrogen-bond donors (Lipinski definition) is 1. The molecule has 0 amide bonds. The third-order valence-corrected chi connectivity index (χ3v) is 3.16. The summed E-state index contributed by atoms with van der Waals surface area (Å²) in [5.41, 5.74) is 1.54. The van der Waals surface area contributed by atoms with Gasteiger partial charge in [-0.3, -0.25) is 9.67 Å². The van der Waals surface area contributed by atoms with Crippen molar-refractivity contribution >= 4 is 15.9 Å². The molecule has 2 aromatic heterocycles. The Labute approximate surface area is 115 Å². The Hall–Kier alpha value is -1.20. The largest absolute Gasteiger partial charge is 0.386 e. The molecule has 4 nitrogen and oxygen atoms in total. The van der Waals surface area contributed by atoms with Crippen LogP contribution in [0.25, 0.3) is 0 Å². The summed E-state index contributed by atoms with van der Waals surface area (Å²) in [6, 6.07) is 5.95. The molecule has 0 radical (unpaired) electrons. The predicted molar refractivity (Wildman–Crippen MR) is 73.2 cm³/mol. The lowest BCUT2D eigenvalue weighted by Gasteiger charge is -2.08. The van der Waals surface area contributed by atoms with Gasteiger partial charge in [0.25, 0.3) is 0 Å². The van der Waals surface area contributed by atoms with Crippen LogP contribution in [0, 0.1) is 0 Å². The Bertz CT molecular complexity index is 507. The fourth-order valence-electron chi connectivity index (χ4n) is 1.66. The zero-order chi connectivity index (χ0) is 13.1. The number of aliphatic hydroxyl groups is 1. The van der Waals surface area contributed by atoms with Gasteiger partial charge >= 0.3 is 0 Å². The van der Waals surface area contributed by atoms with Crippen molar-refractivity contribution in [3.8, 4) is 0 Å². The Kier molecular flexibility index (Phi) is 4.14. The third kappa shape index (κ3) is 3.17. The van der Waals surface area contributed by atoms with Crippen molar-refractivity contribution in [2.24, 2.45) is 0 Å². The van der Waals surface area contributed by atoms with E-state index in [9.17, 15) is 5.11 Å². The second-order valence-electron chi connectivity index (χ2n) is 4.50.